The van der Waals surface area contributed by atoms with Gasteiger partial charge in [-0.1, -0.05) is 24.3 Å². The summed E-state index contributed by atoms with van der Waals surface area (Å²) in [6.07, 6.45) is 1.51. The number of esters is 1. The molecule has 0 saturated carbocycles. The molecule has 1 amide bonds. The summed E-state index contributed by atoms with van der Waals surface area (Å²) in [7, 11) is -2.40. The number of carbonyl (C=O) groups is 2. The van der Waals surface area contributed by atoms with E-state index < -0.39 is 10.0 Å². The fourth-order valence-corrected chi connectivity index (χ4v) is 4.71. The molecule has 8 heteroatoms. The maximum absolute atomic E-state index is 12.8. The average molecular weight is 376 g/mol. The number of unbranched alkanes of at least 4 members (excludes halogenated alkanes) is 1. The lowest BCUT2D eigenvalue weighted by Crippen LogP contribution is -2.39. The Morgan fingerprint density at radius 2 is 1.85 bits per heavy atom. The van der Waals surface area contributed by atoms with E-state index in [4.69, 9.17) is 0 Å². The third kappa shape index (κ3) is 3.37. The average Bonchev–Trinajstić information content (AvgIpc) is 2.84. The van der Waals surface area contributed by atoms with Crippen LogP contribution in [0.25, 0.3) is 10.8 Å². The molecule has 0 spiro atoms. The van der Waals surface area contributed by atoms with Gasteiger partial charge in [0.05, 0.1) is 17.7 Å². The van der Waals surface area contributed by atoms with E-state index in [0.717, 1.165) is 9.69 Å². The van der Waals surface area contributed by atoms with Crippen LogP contribution in [0, 0.1) is 0 Å². The Morgan fingerprint density at radius 1 is 1.12 bits per heavy atom. The lowest BCUT2D eigenvalue weighted by molar-refractivity contribution is -0.140. The summed E-state index contributed by atoms with van der Waals surface area (Å²) in [5.74, 6) is -0.665. The quantitative estimate of drug-likeness (QED) is 0.588. The molecular weight excluding hydrogens is 356 g/mol. The molecule has 0 saturated heterocycles. The van der Waals surface area contributed by atoms with Gasteiger partial charge in [0.25, 0.3) is 10.0 Å². The highest BCUT2D eigenvalue weighted by Crippen LogP contribution is 2.41. The van der Waals surface area contributed by atoms with E-state index in [1.807, 2.05) is 12.1 Å². The second-order valence-corrected chi connectivity index (χ2v) is 7.86. The van der Waals surface area contributed by atoms with E-state index in [1.54, 1.807) is 24.3 Å². The summed E-state index contributed by atoms with van der Waals surface area (Å²) < 4.78 is 31.3. The molecule has 1 aliphatic rings. The van der Waals surface area contributed by atoms with Gasteiger partial charge in [0, 0.05) is 18.4 Å². The number of ether oxygens (including phenoxy) is 1. The number of hydrogen-bond donors (Lipinski definition) is 1. The smallest absolute Gasteiger partial charge is 0.305 e. The van der Waals surface area contributed by atoms with Gasteiger partial charge in [-0.05, 0) is 30.4 Å². The number of nitrogens with one attached hydrogen (secondary N) is 1. The summed E-state index contributed by atoms with van der Waals surface area (Å²) in [6, 6.07) is 10.4. The Bertz CT molecular complexity index is 950. The van der Waals surface area contributed by atoms with Crippen molar-refractivity contribution in [3.05, 3.63) is 36.4 Å². The van der Waals surface area contributed by atoms with Crippen LogP contribution in [0.3, 0.4) is 0 Å². The molecule has 26 heavy (non-hydrogen) atoms. The van der Waals surface area contributed by atoms with Gasteiger partial charge in [-0.3, -0.25) is 13.9 Å². The number of anilines is 1. The predicted octanol–water partition coefficient (Wildman–Crippen LogP) is 1.81. The first kappa shape index (κ1) is 18.2. The van der Waals surface area contributed by atoms with E-state index in [2.05, 4.69) is 10.1 Å². The number of rotatable bonds is 7. The van der Waals surface area contributed by atoms with Crippen molar-refractivity contribution in [2.45, 2.75) is 24.2 Å². The third-order valence-corrected chi connectivity index (χ3v) is 6.13. The van der Waals surface area contributed by atoms with Crippen LogP contribution in [0.1, 0.15) is 19.3 Å². The first-order chi connectivity index (χ1) is 12.4. The number of sulfonamides is 1. The minimum Gasteiger partial charge on any atom is -0.469 e. The summed E-state index contributed by atoms with van der Waals surface area (Å²) in [5, 5.41) is 4.18. The van der Waals surface area contributed by atoms with Crippen molar-refractivity contribution in [3.8, 4) is 0 Å². The van der Waals surface area contributed by atoms with E-state index in [-0.39, 0.29) is 23.3 Å². The number of hydrogen-bond acceptors (Lipinski definition) is 5. The van der Waals surface area contributed by atoms with Crippen molar-refractivity contribution in [1.82, 2.24) is 5.32 Å². The Labute approximate surface area is 152 Å². The van der Waals surface area contributed by atoms with Crippen molar-refractivity contribution in [3.63, 3.8) is 0 Å². The zero-order chi connectivity index (χ0) is 18.7. The number of benzene rings is 2. The molecule has 3 rings (SSSR count). The Balaban J connectivity index is 1.65. The van der Waals surface area contributed by atoms with Crippen molar-refractivity contribution >= 4 is 38.4 Å². The summed E-state index contributed by atoms with van der Waals surface area (Å²) >= 11 is 0. The van der Waals surface area contributed by atoms with E-state index >= 15 is 0 Å². The van der Waals surface area contributed by atoms with Gasteiger partial charge in [-0.15, -0.1) is 0 Å². The van der Waals surface area contributed by atoms with E-state index in [0.29, 0.717) is 36.9 Å². The Kier molecular flexibility index (Phi) is 5.13. The highest BCUT2D eigenvalue weighted by Gasteiger charge is 2.36. The van der Waals surface area contributed by atoms with E-state index in [1.165, 1.54) is 7.11 Å². The summed E-state index contributed by atoms with van der Waals surface area (Å²) in [6.45, 7) is 0.105. The molecule has 0 aliphatic carbocycles. The molecule has 138 valence electrons. The van der Waals surface area contributed by atoms with Gasteiger partial charge in [0.2, 0.25) is 5.91 Å². The molecule has 0 bridgehead atoms. The molecule has 2 aromatic rings. The topological polar surface area (TPSA) is 92.8 Å². The second kappa shape index (κ2) is 7.33. The molecule has 0 atom stereocenters. The minimum atomic E-state index is -3.73. The normalized spacial score (nSPS) is 14.4. The standard InChI is InChI=1S/C18H20N2O5S/c1-25-17(22)10-2-3-11-19-16(21)12-20-14-8-4-6-13-7-5-9-15(18(13)14)26(20,23)24/h4-9H,2-3,10-12H2,1H3,(H,19,21). The SMILES string of the molecule is COC(=O)CCCCNC(=O)CN1c2cccc3cccc(c23)S1(=O)=O. The Morgan fingerprint density at radius 3 is 2.58 bits per heavy atom. The molecule has 7 nitrogen and oxygen atoms in total. The lowest BCUT2D eigenvalue weighted by Gasteiger charge is -2.18. The predicted molar refractivity (Wildman–Crippen MR) is 97.4 cm³/mol. The zero-order valence-electron chi connectivity index (χ0n) is 14.4. The number of amides is 1. The molecule has 0 unspecified atom stereocenters. The fourth-order valence-electron chi connectivity index (χ4n) is 3.04. The monoisotopic (exact) mass is 376 g/mol. The lowest BCUT2D eigenvalue weighted by atomic mass is 10.1. The number of methoxy groups -OCH3 is 1. The number of carbonyl (C=O) groups excluding carboxylic acids is 2. The second-order valence-electron chi connectivity index (χ2n) is 6.03. The van der Waals surface area contributed by atoms with Crippen molar-refractivity contribution in [2.75, 3.05) is 24.5 Å². The van der Waals surface area contributed by atoms with Crippen molar-refractivity contribution < 1.29 is 22.7 Å². The largest absolute Gasteiger partial charge is 0.469 e. The molecule has 2 aromatic carbocycles. The molecule has 0 radical (unpaired) electrons. The van der Waals surface area contributed by atoms with Gasteiger partial charge in [-0.25, -0.2) is 8.42 Å². The van der Waals surface area contributed by atoms with Crippen LogP contribution in [-0.4, -0.2) is 40.5 Å². The maximum Gasteiger partial charge on any atom is 0.305 e. The fraction of sp³-hybridized carbons (Fsp3) is 0.333. The Hall–Kier alpha value is -2.61. The van der Waals surface area contributed by atoms with Crippen LogP contribution in [-0.2, 0) is 24.3 Å². The summed E-state index contributed by atoms with van der Waals surface area (Å²) in [5.41, 5.74) is 0.527. The highest BCUT2D eigenvalue weighted by atomic mass is 32.2. The van der Waals surface area contributed by atoms with Crippen LogP contribution < -0.4 is 9.62 Å². The van der Waals surface area contributed by atoms with Crippen LogP contribution in [0.2, 0.25) is 0 Å². The third-order valence-electron chi connectivity index (χ3n) is 4.33. The van der Waals surface area contributed by atoms with Gasteiger partial charge < -0.3 is 10.1 Å². The van der Waals surface area contributed by atoms with Gasteiger partial charge in [-0.2, -0.15) is 0 Å². The molecular formula is C18H20N2O5S. The minimum absolute atomic E-state index is 0.233. The molecule has 1 aliphatic heterocycles. The van der Waals surface area contributed by atoms with Crippen LogP contribution in [0.15, 0.2) is 41.3 Å². The zero-order valence-corrected chi connectivity index (χ0v) is 15.2. The maximum atomic E-state index is 12.8. The first-order valence-electron chi connectivity index (χ1n) is 8.33. The van der Waals surface area contributed by atoms with Crippen LogP contribution >= 0.6 is 0 Å². The number of nitrogens with zero attached hydrogens (tertiary/aromatic N) is 1. The van der Waals surface area contributed by atoms with Crippen LogP contribution in [0.4, 0.5) is 5.69 Å². The van der Waals surface area contributed by atoms with Gasteiger partial charge >= 0.3 is 5.97 Å². The molecule has 1 N–H and O–H groups in total. The van der Waals surface area contributed by atoms with Crippen molar-refractivity contribution in [2.24, 2.45) is 0 Å². The molecule has 1 heterocycles. The highest BCUT2D eigenvalue weighted by molar-refractivity contribution is 7.93. The van der Waals surface area contributed by atoms with Crippen molar-refractivity contribution in [1.29, 1.82) is 0 Å². The van der Waals surface area contributed by atoms with E-state index in [9.17, 15) is 18.0 Å². The van der Waals surface area contributed by atoms with Gasteiger partial charge in [0.1, 0.15) is 6.54 Å². The molecule has 0 aromatic heterocycles. The van der Waals surface area contributed by atoms with Crippen LogP contribution in [0.5, 0.6) is 0 Å². The summed E-state index contributed by atoms with van der Waals surface area (Å²) in [4.78, 5) is 23.5. The first-order valence-corrected chi connectivity index (χ1v) is 9.77. The molecule has 0 fully saturated rings. The van der Waals surface area contributed by atoms with Gasteiger partial charge in [0.15, 0.2) is 0 Å².